The van der Waals surface area contributed by atoms with Gasteiger partial charge in [-0.25, -0.2) is 4.98 Å². The molecule has 8 heteroatoms. The second-order valence-corrected chi connectivity index (χ2v) is 9.79. The summed E-state index contributed by atoms with van der Waals surface area (Å²) < 4.78 is 7.05. The summed E-state index contributed by atoms with van der Waals surface area (Å²) in [6.07, 6.45) is 3.20. The van der Waals surface area contributed by atoms with Crippen molar-refractivity contribution in [3.05, 3.63) is 32.5 Å². The van der Waals surface area contributed by atoms with Crippen molar-refractivity contribution < 1.29 is 4.52 Å². The highest BCUT2D eigenvalue weighted by molar-refractivity contribution is 7.98. The molecule has 3 aromatic rings. The lowest BCUT2D eigenvalue weighted by atomic mass is 9.89. The highest BCUT2D eigenvalue weighted by atomic mass is 32.2. The highest BCUT2D eigenvalue weighted by Crippen LogP contribution is 2.36. The minimum atomic E-state index is 0.102. The fourth-order valence-electron chi connectivity index (χ4n) is 3.57. The van der Waals surface area contributed by atoms with E-state index in [1.54, 1.807) is 18.3 Å². The van der Waals surface area contributed by atoms with Gasteiger partial charge in [-0.05, 0) is 43.6 Å². The second-order valence-electron chi connectivity index (χ2n) is 7.76. The van der Waals surface area contributed by atoms with E-state index in [4.69, 9.17) is 9.51 Å². The van der Waals surface area contributed by atoms with E-state index in [-0.39, 0.29) is 5.56 Å². The lowest BCUT2D eigenvalue weighted by molar-refractivity contribution is 0.386. The molecule has 3 aromatic heterocycles. The number of hydrogen-bond donors (Lipinski definition) is 0. The first-order chi connectivity index (χ1) is 12.9. The van der Waals surface area contributed by atoms with E-state index in [1.165, 1.54) is 22.2 Å². The Hall–Kier alpha value is -1.67. The largest absolute Gasteiger partial charge is 0.338 e. The predicted octanol–water partition coefficient (Wildman–Crippen LogP) is 4.22. The van der Waals surface area contributed by atoms with Gasteiger partial charge in [0.15, 0.2) is 11.0 Å². The molecule has 0 aromatic carbocycles. The van der Waals surface area contributed by atoms with Crippen LogP contribution < -0.4 is 5.56 Å². The van der Waals surface area contributed by atoms with Crippen LogP contribution in [0.5, 0.6) is 0 Å². The molecular formula is C19H24N4O2S2. The number of nitrogens with zero attached hydrogens (tertiary/aromatic N) is 4. The number of thiophene rings is 1. The SMILES string of the molecule is Cc1noc(CSc2nc3sc4c(c3c(=O)n2CC(C)C)CCC(C)C4)n1. The molecule has 1 aliphatic rings. The summed E-state index contributed by atoms with van der Waals surface area (Å²) >= 11 is 3.19. The Morgan fingerprint density at radius 1 is 1.37 bits per heavy atom. The number of thioether (sulfide) groups is 1. The summed E-state index contributed by atoms with van der Waals surface area (Å²) in [5, 5.41) is 5.42. The second kappa shape index (κ2) is 7.39. The van der Waals surface area contributed by atoms with Gasteiger partial charge in [0.2, 0.25) is 5.89 Å². The molecular weight excluding hydrogens is 380 g/mol. The van der Waals surface area contributed by atoms with Crippen LogP contribution in [0.2, 0.25) is 0 Å². The Balaban J connectivity index is 1.78. The monoisotopic (exact) mass is 404 g/mol. The van der Waals surface area contributed by atoms with Gasteiger partial charge in [0.25, 0.3) is 5.56 Å². The third kappa shape index (κ3) is 3.69. The van der Waals surface area contributed by atoms with Crippen molar-refractivity contribution in [2.45, 2.75) is 64.4 Å². The van der Waals surface area contributed by atoms with Crippen LogP contribution in [0.4, 0.5) is 0 Å². The molecule has 0 fully saturated rings. The third-order valence-electron chi connectivity index (χ3n) is 4.82. The van der Waals surface area contributed by atoms with Crippen molar-refractivity contribution in [2.75, 3.05) is 0 Å². The van der Waals surface area contributed by atoms with Gasteiger partial charge in [-0.1, -0.05) is 37.7 Å². The van der Waals surface area contributed by atoms with Gasteiger partial charge in [0.1, 0.15) is 4.83 Å². The molecule has 1 aliphatic carbocycles. The van der Waals surface area contributed by atoms with Crippen LogP contribution in [0.3, 0.4) is 0 Å². The summed E-state index contributed by atoms with van der Waals surface area (Å²) in [4.78, 5) is 24.8. The molecule has 4 rings (SSSR count). The molecule has 0 bridgehead atoms. The van der Waals surface area contributed by atoms with Gasteiger partial charge in [0, 0.05) is 11.4 Å². The smallest absolute Gasteiger partial charge is 0.263 e. The summed E-state index contributed by atoms with van der Waals surface area (Å²) in [7, 11) is 0. The number of fused-ring (bicyclic) bond motifs is 3. The molecule has 27 heavy (non-hydrogen) atoms. The van der Waals surface area contributed by atoms with Crippen LogP contribution in [0.1, 0.15) is 49.3 Å². The predicted molar refractivity (Wildman–Crippen MR) is 109 cm³/mol. The van der Waals surface area contributed by atoms with Gasteiger partial charge >= 0.3 is 0 Å². The zero-order valence-electron chi connectivity index (χ0n) is 16.1. The van der Waals surface area contributed by atoms with Gasteiger partial charge < -0.3 is 4.52 Å². The van der Waals surface area contributed by atoms with Crippen LogP contribution >= 0.6 is 23.1 Å². The topological polar surface area (TPSA) is 73.8 Å². The first-order valence-electron chi connectivity index (χ1n) is 9.39. The number of aryl methyl sites for hydroxylation is 2. The summed E-state index contributed by atoms with van der Waals surface area (Å²) in [6.45, 7) is 8.99. The normalized spacial score (nSPS) is 17.0. The zero-order chi connectivity index (χ0) is 19.1. The van der Waals surface area contributed by atoms with E-state index >= 15 is 0 Å². The maximum Gasteiger partial charge on any atom is 0.263 e. The van der Waals surface area contributed by atoms with E-state index in [0.717, 1.165) is 34.6 Å². The van der Waals surface area contributed by atoms with Crippen LogP contribution in [-0.2, 0) is 25.1 Å². The minimum absolute atomic E-state index is 0.102. The van der Waals surface area contributed by atoms with Crippen molar-refractivity contribution in [2.24, 2.45) is 11.8 Å². The Morgan fingerprint density at radius 2 is 2.19 bits per heavy atom. The molecule has 144 valence electrons. The molecule has 0 N–H and O–H groups in total. The molecule has 1 unspecified atom stereocenters. The number of aromatic nitrogens is 4. The molecule has 1 atom stereocenters. The van der Waals surface area contributed by atoms with Crippen LogP contribution in [0.15, 0.2) is 14.5 Å². The first-order valence-corrected chi connectivity index (χ1v) is 11.2. The van der Waals surface area contributed by atoms with E-state index in [2.05, 4.69) is 30.9 Å². The summed E-state index contributed by atoms with van der Waals surface area (Å²) in [5.41, 5.74) is 1.34. The number of rotatable bonds is 5. The third-order valence-corrected chi connectivity index (χ3v) is 6.93. The van der Waals surface area contributed by atoms with Crippen molar-refractivity contribution in [3.63, 3.8) is 0 Å². The van der Waals surface area contributed by atoms with Crippen molar-refractivity contribution >= 4 is 33.3 Å². The van der Waals surface area contributed by atoms with Gasteiger partial charge in [-0.2, -0.15) is 4.98 Å². The molecule has 0 amide bonds. The van der Waals surface area contributed by atoms with Gasteiger partial charge in [-0.3, -0.25) is 9.36 Å². The molecule has 0 spiro atoms. The molecule has 6 nitrogen and oxygen atoms in total. The van der Waals surface area contributed by atoms with Crippen molar-refractivity contribution in [1.82, 2.24) is 19.7 Å². The zero-order valence-corrected chi connectivity index (χ0v) is 17.7. The lowest BCUT2D eigenvalue weighted by Gasteiger charge is -2.18. The number of hydrogen-bond acceptors (Lipinski definition) is 7. The Morgan fingerprint density at radius 3 is 2.89 bits per heavy atom. The molecule has 0 radical (unpaired) electrons. The van der Waals surface area contributed by atoms with Gasteiger partial charge in [-0.15, -0.1) is 11.3 Å². The van der Waals surface area contributed by atoms with E-state index < -0.39 is 0 Å². The standard InChI is InChI=1S/C19H24N4O2S2/c1-10(2)8-23-18(24)16-13-6-5-11(3)7-14(13)27-17(16)21-19(23)26-9-15-20-12(4)22-25-15/h10-11H,5-9H2,1-4H3. The fourth-order valence-corrected chi connectivity index (χ4v) is 5.84. The summed E-state index contributed by atoms with van der Waals surface area (Å²) in [5.74, 6) is 2.73. The van der Waals surface area contributed by atoms with Gasteiger partial charge in [0.05, 0.1) is 11.1 Å². The van der Waals surface area contributed by atoms with E-state index in [9.17, 15) is 4.79 Å². The maximum absolute atomic E-state index is 13.4. The molecule has 0 saturated heterocycles. The lowest BCUT2D eigenvalue weighted by Crippen LogP contribution is -2.26. The Bertz CT molecular complexity index is 1030. The quantitative estimate of drug-likeness (QED) is 0.468. The average molecular weight is 405 g/mol. The Labute approximate surface area is 166 Å². The highest BCUT2D eigenvalue weighted by Gasteiger charge is 2.25. The molecule has 0 saturated carbocycles. The molecule has 3 heterocycles. The summed E-state index contributed by atoms with van der Waals surface area (Å²) in [6, 6.07) is 0. The van der Waals surface area contributed by atoms with Crippen molar-refractivity contribution in [3.8, 4) is 0 Å². The molecule has 0 aliphatic heterocycles. The average Bonchev–Trinajstić information content (AvgIpc) is 3.18. The first kappa shape index (κ1) is 18.7. The fraction of sp³-hybridized carbons (Fsp3) is 0.579. The van der Waals surface area contributed by atoms with Crippen molar-refractivity contribution in [1.29, 1.82) is 0 Å². The Kier molecular flexibility index (Phi) is 5.11. The van der Waals surface area contributed by atoms with Crippen LogP contribution in [-0.4, -0.2) is 19.7 Å². The maximum atomic E-state index is 13.4. The van der Waals surface area contributed by atoms with Crippen LogP contribution in [0, 0.1) is 18.8 Å². The minimum Gasteiger partial charge on any atom is -0.338 e. The van der Waals surface area contributed by atoms with E-state index in [1.807, 2.05) is 4.57 Å². The van der Waals surface area contributed by atoms with Crippen LogP contribution in [0.25, 0.3) is 10.2 Å². The van der Waals surface area contributed by atoms with E-state index in [0.29, 0.717) is 35.8 Å².